The molecule has 2 aliphatic rings. The SMILES string of the molecule is CN(c1nc(Cl)nc2c1cnn2[C@@H]1O[C@H](COP(=O)(O)CP(=O)(O)O)[C@@H](O)[C@H]1O)C1CCCC1. The van der Waals surface area contributed by atoms with Crippen LogP contribution >= 0.6 is 26.8 Å². The van der Waals surface area contributed by atoms with Crippen LogP contribution in [0.4, 0.5) is 5.82 Å². The van der Waals surface area contributed by atoms with Crippen molar-refractivity contribution in [1.82, 2.24) is 19.7 Å². The van der Waals surface area contributed by atoms with Gasteiger partial charge in [-0.05, 0) is 24.4 Å². The fraction of sp³-hybridized carbons (Fsp3) is 0.706. The summed E-state index contributed by atoms with van der Waals surface area (Å²) >= 11 is 6.17. The summed E-state index contributed by atoms with van der Waals surface area (Å²) in [4.78, 5) is 38.0. The molecule has 2 fully saturated rings. The van der Waals surface area contributed by atoms with Gasteiger partial charge < -0.3 is 39.1 Å². The molecule has 3 heterocycles. The van der Waals surface area contributed by atoms with Crippen LogP contribution in [-0.4, -0.2) is 88.6 Å². The number of halogens is 1. The first-order valence-electron chi connectivity index (χ1n) is 10.5. The first-order valence-corrected chi connectivity index (χ1v) is 14.5. The molecule has 1 saturated heterocycles. The quantitative estimate of drug-likeness (QED) is 0.232. The molecular formula is C17H26ClN5O9P2. The molecular weight excluding hydrogens is 516 g/mol. The van der Waals surface area contributed by atoms with Gasteiger partial charge in [0.05, 0.1) is 18.2 Å². The Morgan fingerprint density at radius 3 is 2.53 bits per heavy atom. The molecule has 1 aliphatic carbocycles. The van der Waals surface area contributed by atoms with Crippen LogP contribution in [0.2, 0.25) is 5.28 Å². The van der Waals surface area contributed by atoms with Crippen molar-refractivity contribution in [3.8, 4) is 0 Å². The van der Waals surface area contributed by atoms with E-state index in [1.807, 2.05) is 11.9 Å². The lowest BCUT2D eigenvalue weighted by Gasteiger charge is -2.26. The van der Waals surface area contributed by atoms with Crippen LogP contribution in [0.3, 0.4) is 0 Å². The highest BCUT2D eigenvalue weighted by atomic mass is 35.5. The van der Waals surface area contributed by atoms with Crippen LogP contribution in [0, 0.1) is 0 Å². The normalized spacial score (nSPS) is 28.0. The van der Waals surface area contributed by atoms with Crippen LogP contribution in [0.1, 0.15) is 31.9 Å². The predicted molar refractivity (Wildman–Crippen MR) is 120 cm³/mol. The monoisotopic (exact) mass is 541 g/mol. The third-order valence-corrected chi connectivity index (χ3v) is 9.62. The smallest absolute Gasteiger partial charge is 0.340 e. The summed E-state index contributed by atoms with van der Waals surface area (Å²) in [6.07, 6.45) is 0.194. The number of anilines is 1. The number of nitrogens with zero attached hydrogens (tertiary/aromatic N) is 5. The number of ether oxygens (including phenoxy) is 1. The Morgan fingerprint density at radius 1 is 1.21 bits per heavy atom. The molecule has 4 rings (SSSR count). The van der Waals surface area contributed by atoms with Crippen molar-refractivity contribution < 1.29 is 43.3 Å². The molecule has 0 spiro atoms. The Labute approximate surface area is 199 Å². The summed E-state index contributed by atoms with van der Waals surface area (Å²) in [6.45, 7) is -0.701. The number of aliphatic hydroxyl groups is 2. The van der Waals surface area contributed by atoms with Gasteiger partial charge in [-0.25, -0.2) is 4.68 Å². The number of rotatable bonds is 8. The average molecular weight is 542 g/mol. The summed E-state index contributed by atoms with van der Waals surface area (Å²) in [7, 11) is -7.57. The second kappa shape index (κ2) is 9.70. The lowest BCUT2D eigenvalue weighted by molar-refractivity contribution is -0.0541. The predicted octanol–water partition coefficient (Wildman–Crippen LogP) is 0.815. The minimum absolute atomic E-state index is 0.0410. The van der Waals surface area contributed by atoms with Crippen molar-refractivity contribution in [2.24, 2.45) is 0 Å². The maximum Gasteiger partial charge on any atom is 0.340 e. The zero-order valence-corrected chi connectivity index (χ0v) is 20.6. The van der Waals surface area contributed by atoms with E-state index < -0.39 is 52.2 Å². The molecule has 1 unspecified atom stereocenters. The van der Waals surface area contributed by atoms with Gasteiger partial charge in [0.2, 0.25) is 5.28 Å². The maximum absolute atomic E-state index is 11.9. The van der Waals surface area contributed by atoms with E-state index in [4.69, 9.17) is 30.6 Å². The van der Waals surface area contributed by atoms with Crippen molar-refractivity contribution in [3.63, 3.8) is 0 Å². The summed E-state index contributed by atoms with van der Waals surface area (Å²) in [5.41, 5.74) is 0.256. The molecule has 0 aromatic carbocycles. The molecule has 1 saturated carbocycles. The third-order valence-electron chi connectivity index (χ3n) is 5.99. The van der Waals surface area contributed by atoms with Gasteiger partial charge in [-0.2, -0.15) is 15.1 Å². The van der Waals surface area contributed by atoms with Crippen molar-refractivity contribution in [2.45, 2.75) is 56.3 Å². The van der Waals surface area contributed by atoms with E-state index in [9.17, 15) is 24.2 Å². The van der Waals surface area contributed by atoms with Gasteiger partial charge in [0.25, 0.3) is 0 Å². The lowest BCUT2D eigenvalue weighted by atomic mass is 10.1. The molecule has 17 heteroatoms. The van der Waals surface area contributed by atoms with Gasteiger partial charge in [0.15, 0.2) is 17.8 Å². The van der Waals surface area contributed by atoms with Crippen LogP contribution in [0.5, 0.6) is 0 Å². The van der Waals surface area contributed by atoms with Crippen molar-refractivity contribution in [3.05, 3.63) is 11.5 Å². The van der Waals surface area contributed by atoms with Gasteiger partial charge in [0.1, 0.15) is 24.1 Å². The van der Waals surface area contributed by atoms with Crippen LogP contribution in [0.15, 0.2) is 6.20 Å². The topological polar surface area (TPSA) is 201 Å². The summed E-state index contributed by atoms with van der Waals surface area (Å²) in [5, 5.41) is 25.7. The Balaban J connectivity index is 1.56. The maximum atomic E-state index is 11.9. The van der Waals surface area contributed by atoms with Gasteiger partial charge in [-0.1, -0.05) is 12.8 Å². The third kappa shape index (κ3) is 5.46. The summed E-state index contributed by atoms with van der Waals surface area (Å²) in [6, 6.07) is 0.288. The molecule has 0 amide bonds. The number of aliphatic hydroxyl groups excluding tert-OH is 2. The molecule has 14 nitrogen and oxygen atoms in total. The highest BCUT2D eigenvalue weighted by molar-refractivity contribution is 7.70. The Bertz CT molecular complexity index is 1140. The number of fused-ring (bicyclic) bond motifs is 1. The van der Waals surface area contributed by atoms with Crippen molar-refractivity contribution in [2.75, 3.05) is 24.5 Å². The first kappa shape index (κ1) is 25.9. The van der Waals surface area contributed by atoms with Crippen molar-refractivity contribution >= 4 is 43.6 Å². The molecule has 1 aliphatic heterocycles. The highest BCUT2D eigenvalue weighted by Crippen LogP contribution is 2.55. The summed E-state index contributed by atoms with van der Waals surface area (Å²) in [5.74, 6) is -0.814. The van der Waals surface area contributed by atoms with E-state index in [1.165, 1.54) is 10.9 Å². The molecule has 2 aromatic heterocycles. The summed E-state index contributed by atoms with van der Waals surface area (Å²) < 4.78 is 34.5. The van der Waals surface area contributed by atoms with Gasteiger partial charge in [0, 0.05) is 13.1 Å². The van der Waals surface area contributed by atoms with Gasteiger partial charge in [-0.3, -0.25) is 9.13 Å². The second-order valence-corrected chi connectivity index (χ2v) is 12.8. The molecule has 0 bridgehead atoms. The molecule has 190 valence electrons. The lowest BCUT2D eigenvalue weighted by Crippen LogP contribution is -2.34. The van der Waals surface area contributed by atoms with Crippen LogP contribution in [0.25, 0.3) is 11.0 Å². The Morgan fingerprint density at radius 2 is 1.88 bits per heavy atom. The largest absolute Gasteiger partial charge is 0.387 e. The zero-order chi connectivity index (χ0) is 24.8. The highest BCUT2D eigenvalue weighted by Gasteiger charge is 2.46. The molecule has 5 atom stereocenters. The van der Waals surface area contributed by atoms with Gasteiger partial charge in [-0.15, -0.1) is 0 Å². The van der Waals surface area contributed by atoms with E-state index in [0.717, 1.165) is 25.7 Å². The number of hydrogen-bond acceptors (Lipinski definition) is 10. The molecule has 5 N–H and O–H groups in total. The van der Waals surface area contributed by atoms with E-state index in [-0.39, 0.29) is 17.0 Å². The minimum Gasteiger partial charge on any atom is -0.387 e. The van der Waals surface area contributed by atoms with E-state index >= 15 is 0 Å². The number of hydrogen-bond donors (Lipinski definition) is 5. The molecule has 2 aromatic rings. The van der Waals surface area contributed by atoms with E-state index in [0.29, 0.717) is 11.2 Å². The fourth-order valence-electron chi connectivity index (χ4n) is 4.34. The Kier molecular flexibility index (Phi) is 7.39. The Hall–Kier alpha value is -1.18. The average Bonchev–Trinajstić information content (AvgIpc) is 3.45. The zero-order valence-electron chi connectivity index (χ0n) is 18.1. The van der Waals surface area contributed by atoms with Gasteiger partial charge >= 0.3 is 15.2 Å². The molecule has 34 heavy (non-hydrogen) atoms. The van der Waals surface area contributed by atoms with E-state index in [2.05, 4.69) is 15.1 Å². The van der Waals surface area contributed by atoms with Crippen LogP contribution in [-0.2, 0) is 18.4 Å². The second-order valence-electron chi connectivity index (χ2n) is 8.48. The number of aromatic nitrogens is 4. The van der Waals surface area contributed by atoms with Crippen molar-refractivity contribution in [1.29, 1.82) is 0 Å². The first-order chi connectivity index (χ1) is 15.9. The van der Waals surface area contributed by atoms with Crippen LogP contribution < -0.4 is 4.90 Å². The minimum atomic E-state index is -4.82. The van der Waals surface area contributed by atoms with E-state index in [1.54, 1.807) is 0 Å². The fourth-order valence-corrected chi connectivity index (χ4v) is 7.07. The molecule has 0 radical (unpaired) electrons. The standard InChI is InChI=1S/C17H26ClN5O9P2/c1-22(9-4-2-3-5-9)14-10-6-19-23(15(10)21-17(18)20-14)16-13(25)12(24)11(32-16)7-31-34(29,30)8-33(26,27)28/h6,9,11-13,16,24-25H,2-5,7-8H2,1H3,(H,29,30)(H2,26,27,28)/t11-,12-,13-,16-/m1/s1.